The lowest BCUT2D eigenvalue weighted by Crippen LogP contribution is -2.22. The Hall–Kier alpha value is -0.450. The molecule has 1 aromatic rings. The maximum atomic E-state index is 8.72. The van der Waals surface area contributed by atoms with Gasteiger partial charge in [-0.25, -0.2) is 0 Å². The molecule has 0 aromatic carbocycles. The molecule has 2 unspecified atom stereocenters. The number of hydrogen-bond donors (Lipinski definition) is 2. The molecule has 2 atom stereocenters. The summed E-state index contributed by atoms with van der Waals surface area (Å²) in [7, 11) is 0. The molecule has 1 aromatic heterocycles. The number of nitrogens with two attached hydrogens (primary N) is 1. The monoisotopic (exact) mass is 229 g/mol. The van der Waals surface area contributed by atoms with Gasteiger partial charge in [-0.05, 0) is 38.2 Å². The smallest absolute Gasteiger partial charge is 0.118 e. The molecule has 0 aliphatic heterocycles. The normalized spacial score (nSPS) is 15.2. The van der Waals surface area contributed by atoms with E-state index in [0.717, 1.165) is 23.7 Å². The minimum atomic E-state index is 0.0549. The molecule has 0 aliphatic rings. The predicted octanol–water partition coefficient (Wildman–Crippen LogP) is 2.09. The topological polar surface area (TPSA) is 59.4 Å². The highest BCUT2D eigenvalue weighted by Gasteiger charge is 2.19. The molecular weight excluding hydrogens is 210 g/mol. The zero-order chi connectivity index (χ0) is 11.3. The molecule has 0 bridgehead atoms. The summed E-state index contributed by atoms with van der Waals surface area (Å²) in [5.74, 6) is 2.76. The highest BCUT2D eigenvalue weighted by Crippen LogP contribution is 2.32. The highest BCUT2D eigenvalue weighted by molar-refractivity contribution is 7.99. The Morgan fingerprint density at radius 1 is 1.53 bits per heavy atom. The van der Waals surface area contributed by atoms with Crippen LogP contribution in [0.25, 0.3) is 0 Å². The predicted molar refractivity (Wildman–Crippen MR) is 64.0 cm³/mol. The van der Waals surface area contributed by atoms with E-state index in [1.165, 1.54) is 0 Å². The van der Waals surface area contributed by atoms with E-state index in [1.54, 1.807) is 11.8 Å². The quantitative estimate of drug-likeness (QED) is 0.733. The van der Waals surface area contributed by atoms with Crippen molar-refractivity contribution in [3.8, 4) is 0 Å². The van der Waals surface area contributed by atoms with E-state index in [9.17, 15) is 0 Å². The first-order valence-electron chi connectivity index (χ1n) is 5.19. The van der Waals surface area contributed by atoms with Gasteiger partial charge in [-0.3, -0.25) is 0 Å². The van der Waals surface area contributed by atoms with Crippen molar-refractivity contribution in [2.75, 3.05) is 12.4 Å². The largest absolute Gasteiger partial charge is 0.465 e. The van der Waals surface area contributed by atoms with Crippen LogP contribution in [0.5, 0.6) is 0 Å². The number of thioether (sulfide) groups is 1. The molecule has 1 rings (SSSR count). The Bertz CT molecular complexity index is 286. The van der Waals surface area contributed by atoms with Gasteiger partial charge in [-0.1, -0.05) is 0 Å². The van der Waals surface area contributed by atoms with Crippen molar-refractivity contribution in [2.45, 2.75) is 31.6 Å². The van der Waals surface area contributed by atoms with Gasteiger partial charge in [0.25, 0.3) is 0 Å². The SMILES string of the molecule is Cc1ccc(C(SCCCO)C(C)N)o1. The van der Waals surface area contributed by atoms with Crippen molar-refractivity contribution >= 4 is 11.8 Å². The third-order valence-corrected chi connectivity index (χ3v) is 3.66. The first kappa shape index (κ1) is 12.6. The van der Waals surface area contributed by atoms with E-state index < -0.39 is 0 Å². The van der Waals surface area contributed by atoms with Gasteiger partial charge in [0, 0.05) is 12.6 Å². The summed E-state index contributed by atoms with van der Waals surface area (Å²) in [6.07, 6.45) is 0.799. The fraction of sp³-hybridized carbons (Fsp3) is 0.636. The van der Waals surface area contributed by atoms with Crippen LogP contribution in [0.4, 0.5) is 0 Å². The van der Waals surface area contributed by atoms with Crippen molar-refractivity contribution in [1.82, 2.24) is 0 Å². The summed E-state index contributed by atoms with van der Waals surface area (Å²) in [5.41, 5.74) is 5.92. The third-order valence-electron chi connectivity index (χ3n) is 2.12. The number of aliphatic hydroxyl groups is 1. The fourth-order valence-corrected chi connectivity index (χ4v) is 2.52. The van der Waals surface area contributed by atoms with Crippen LogP contribution in [0.15, 0.2) is 16.5 Å². The maximum Gasteiger partial charge on any atom is 0.118 e. The van der Waals surface area contributed by atoms with Crippen LogP contribution in [0.1, 0.15) is 30.1 Å². The van der Waals surface area contributed by atoms with E-state index in [2.05, 4.69) is 0 Å². The van der Waals surface area contributed by atoms with Gasteiger partial charge in [-0.2, -0.15) is 0 Å². The molecule has 1 heterocycles. The molecule has 0 spiro atoms. The summed E-state index contributed by atoms with van der Waals surface area (Å²) in [4.78, 5) is 0. The van der Waals surface area contributed by atoms with Crippen LogP contribution in [0.2, 0.25) is 0 Å². The minimum Gasteiger partial charge on any atom is -0.465 e. The zero-order valence-electron chi connectivity index (χ0n) is 9.27. The second kappa shape index (κ2) is 6.20. The molecule has 4 heteroatoms. The number of aryl methyl sites for hydroxylation is 1. The number of hydrogen-bond acceptors (Lipinski definition) is 4. The Labute approximate surface area is 95.0 Å². The Morgan fingerprint density at radius 2 is 2.27 bits per heavy atom. The summed E-state index contributed by atoms with van der Waals surface area (Å²) >= 11 is 1.74. The van der Waals surface area contributed by atoms with Gasteiger partial charge in [0.15, 0.2) is 0 Å². The van der Waals surface area contributed by atoms with E-state index in [1.807, 2.05) is 26.0 Å². The van der Waals surface area contributed by atoms with Crippen LogP contribution in [-0.2, 0) is 0 Å². The second-order valence-electron chi connectivity index (χ2n) is 3.68. The van der Waals surface area contributed by atoms with Crippen molar-refractivity contribution in [1.29, 1.82) is 0 Å². The molecule has 0 radical (unpaired) electrons. The van der Waals surface area contributed by atoms with E-state index in [-0.39, 0.29) is 17.9 Å². The lowest BCUT2D eigenvalue weighted by Gasteiger charge is -2.17. The first-order chi connectivity index (χ1) is 7.15. The Morgan fingerprint density at radius 3 is 2.73 bits per heavy atom. The number of furan rings is 1. The van der Waals surface area contributed by atoms with Crippen molar-refractivity contribution in [3.05, 3.63) is 23.7 Å². The molecule has 15 heavy (non-hydrogen) atoms. The molecule has 86 valence electrons. The lowest BCUT2D eigenvalue weighted by molar-refractivity contribution is 0.296. The van der Waals surface area contributed by atoms with Gasteiger partial charge in [0.2, 0.25) is 0 Å². The van der Waals surface area contributed by atoms with Crippen molar-refractivity contribution in [3.63, 3.8) is 0 Å². The Balaban J connectivity index is 2.58. The highest BCUT2D eigenvalue weighted by atomic mass is 32.2. The van der Waals surface area contributed by atoms with Crippen LogP contribution >= 0.6 is 11.8 Å². The lowest BCUT2D eigenvalue weighted by atomic mass is 10.2. The second-order valence-corrected chi connectivity index (χ2v) is 4.93. The molecule has 0 saturated heterocycles. The van der Waals surface area contributed by atoms with Crippen LogP contribution in [-0.4, -0.2) is 23.5 Å². The summed E-state index contributed by atoms with van der Waals surface area (Å²) in [6, 6.07) is 3.99. The summed E-state index contributed by atoms with van der Waals surface area (Å²) in [5, 5.41) is 8.91. The van der Waals surface area contributed by atoms with Gasteiger partial charge >= 0.3 is 0 Å². The van der Waals surface area contributed by atoms with E-state index in [4.69, 9.17) is 15.3 Å². The fourth-order valence-electron chi connectivity index (χ4n) is 1.37. The van der Waals surface area contributed by atoms with Gasteiger partial charge < -0.3 is 15.3 Å². The van der Waals surface area contributed by atoms with Gasteiger partial charge in [0.1, 0.15) is 11.5 Å². The van der Waals surface area contributed by atoms with E-state index >= 15 is 0 Å². The van der Waals surface area contributed by atoms with Gasteiger partial charge in [0.05, 0.1) is 5.25 Å². The number of aliphatic hydroxyl groups excluding tert-OH is 1. The number of rotatable bonds is 6. The van der Waals surface area contributed by atoms with E-state index in [0.29, 0.717) is 0 Å². The molecule has 3 nitrogen and oxygen atoms in total. The van der Waals surface area contributed by atoms with Crippen LogP contribution < -0.4 is 5.73 Å². The van der Waals surface area contributed by atoms with Crippen molar-refractivity contribution in [2.24, 2.45) is 5.73 Å². The maximum absolute atomic E-state index is 8.72. The summed E-state index contributed by atoms with van der Waals surface area (Å²) in [6.45, 7) is 4.14. The zero-order valence-corrected chi connectivity index (χ0v) is 10.1. The Kier molecular flexibility index (Phi) is 5.22. The minimum absolute atomic E-state index is 0.0549. The standard InChI is InChI=1S/C11H19NO2S/c1-8-4-5-10(14-8)11(9(2)12)15-7-3-6-13/h4-5,9,11,13H,3,6-7,12H2,1-2H3. The first-order valence-corrected chi connectivity index (χ1v) is 6.24. The average Bonchev–Trinajstić information content (AvgIpc) is 2.59. The molecular formula is C11H19NO2S. The van der Waals surface area contributed by atoms with Crippen LogP contribution in [0.3, 0.4) is 0 Å². The molecule has 0 saturated carbocycles. The molecule has 0 fully saturated rings. The molecule has 0 amide bonds. The molecule has 0 aliphatic carbocycles. The van der Waals surface area contributed by atoms with Crippen molar-refractivity contribution < 1.29 is 9.52 Å². The average molecular weight is 229 g/mol. The third kappa shape index (κ3) is 3.89. The van der Waals surface area contributed by atoms with Crippen LogP contribution in [0, 0.1) is 6.92 Å². The summed E-state index contributed by atoms with van der Waals surface area (Å²) < 4.78 is 5.57. The van der Waals surface area contributed by atoms with Gasteiger partial charge in [-0.15, -0.1) is 11.8 Å². The molecule has 3 N–H and O–H groups in total.